The Morgan fingerprint density at radius 1 is 1.15 bits per heavy atom. The quantitative estimate of drug-likeness (QED) is 0.553. The largest absolute Gasteiger partial charge is 0.348 e. The van der Waals surface area contributed by atoms with Crippen molar-refractivity contribution in [2.24, 2.45) is 7.05 Å². The first-order valence-corrected chi connectivity index (χ1v) is 11.7. The molecule has 0 spiro atoms. The standard InChI is InChI=1S/C26H33N7O/c1-17-10-9-11-18(2)23(17)29-24-22-16-27-26(30-25(22)32(5)31-24)28-21-12-7-6-8-15-33(20(4)34)19(3)13-14-21/h6-7,9-11,13-14,16,19,21H,8,12,15H2,1-5H3,(H,29,31)(H,27,28,30)/b7-6+,14-13+. The molecule has 0 radical (unpaired) electrons. The molecule has 178 valence electrons. The molecular weight excluding hydrogens is 426 g/mol. The molecule has 3 heterocycles. The lowest BCUT2D eigenvalue weighted by Crippen LogP contribution is -2.37. The highest BCUT2D eigenvalue weighted by Crippen LogP contribution is 2.28. The molecule has 2 N–H and O–H groups in total. The molecule has 34 heavy (non-hydrogen) atoms. The summed E-state index contributed by atoms with van der Waals surface area (Å²) in [5, 5.41) is 12.4. The van der Waals surface area contributed by atoms with Gasteiger partial charge in [0.05, 0.1) is 11.4 Å². The smallest absolute Gasteiger partial charge is 0.225 e. The Balaban J connectivity index is 1.57. The van der Waals surface area contributed by atoms with Crippen LogP contribution in [0.25, 0.3) is 11.0 Å². The van der Waals surface area contributed by atoms with Crippen LogP contribution in [0, 0.1) is 13.8 Å². The maximum Gasteiger partial charge on any atom is 0.225 e. The second-order valence-electron chi connectivity index (χ2n) is 8.88. The maximum absolute atomic E-state index is 12.0. The number of benzene rings is 1. The van der Waals surface area contributed by atoms with Gasteiger partial charge in [-0.2, -0.15) is 10.1 Å². The van der Waals surface area contributed by atoms with E-state index in [1.54, 1.807) is 11.6 Å². The molecule has 0 fully saturated rings. The van der Waals surface area contributed by atoms with Crippen LogP contribution in [-0.4, -0.2) is 49.2 Å². The van der Waals surface area contributed by atoms with Crippen molar-refractivity contribution >= 4 is 34.4 Å². The highest BCUT2D eigenvalue weighted by atomic mass is 16.2. The van der Waals surface area contributed by atoms with Crippen molar-refractivity contribution in [3.05, 3.63) is 59.8 Å². The second-order valence-corrected chi connectivity index (χ2v) is 8.88. The fraction of sp³-hybridized carbons (Fsp3) is 0.385. The van der Waals surface area contributed by atoms with Gasteiger partial charge in [0, 0.05) is 38.4 Å². The van der Waals surface area contributed by atoms with Crippen molar-refractivity contribution in [3.63, 3.8) is 0 Å². The van der Waals surface area contributed by atoms with Gasteiger partial charge in [0.25, 0.3) is 0 Å². The Morgan fingerprint density at radius 2 is 1.91 bits per heavy atom. The summed E-state index contributed by atoms with van der Waals surface area (Å²) in [7, 11) is 1.89. The van der Waals surface area contributed by atoms with Gasteiger partial charge in [0.1, 0.15) is 0 Å². The van der Waals surface area contributed by atoms with Crippen LogP contribution in [0.15, 0.2) is 48.7 Å². The van der Waals surface area contributed by atoms with Crippen LogP contribution >= 0.6 is 0 Å². The van der Waals surface area contributed by atoms with Gasteiger partial charge < -0.3 is 15.5 Å². The zero-order valence-corrected chi connectivity index (χ0v) is 20.5. The molecular formula is C26H33N7O. The first kappa shape index (κ1) is 23.5. The molecule has 4 rings (SSSR count). The van der Waals surface area contributed by atoms with Crippen molar-refractivity contribution in [2.75, 3.05) is 17.2 Å². The Hall–Kier alpha value is -3.68. The highest BCUT2D eigenvalue weighted by molar-refractivity contribution is 5.90. The molecule has 0 saturated carbocycles. The minimum absolute atomic E-state index is 0.0171. The van der Waals surface area contributed by atoms with Crippen LogP contribution in [0.1, 0.15) is 37.8 Å². The molecule has 1 aliphatic heterocycles. The number of carbonyl (C=O) groups is 1. The number of hydrogen-bond acceptors (Lipinski definition) is 6. The van der Waals surface area contributed by atoms with Gasteiger partial charge in [0.2, 0.25) is 11.9 Å². The lowest BCUT2D eigenvalue weighted by Gasteiger charge is -2.26. The number of fused-ring (bicyclic) bond motifs is 1. The molecule has 8 heteroatoms. The average Bonchev–Trinajstić information content (AvgIpc) is 3.11. The summed E-state index contributed by atoms with van der Waals surface area (Å²) in [6, 6.07) is 6.26. The number of carbonyl (C=O) groups excluding carboxylic acids is 1. The second kappa shape index (κ2) is 10.1. The summed E-state index contributed by atoms with van der Waals surface area (Å²) < 4.78 is 1.77. The first-order valence-electron chi connectivity index (χ1n) is 11.7. The van der Waals surface area contributed by atoms with Gasteiger partial charge >= 0.3 is 0 Å². The number of para-hydroxylation sites is 1. The van der Waals surface area contributed by atoms with Gasteiger partial charge in [0.15, 0.2) is 11.5 Å². The van der Waals surface area contributed by atoms with Gasteiger partial charge in [-0.15, -0.1) is 0 Å². The number of amides is 1. The lowest BCUT2D eigenvalue weighted by atomic mass is 10.1. The van der Waals surface area contributed by atoms with E-state index >= 15 is 0 Å². The summed E-state index contributed by atoms with van der Waals surface area (Å²) in [6.07, 6.45) is 11.9. The number of hydrogen-bond donors (Lipinski definition) is 2. The Morgan fingerprint density at radius 3 is 2.65 bits per heavy atom. The third-order valence-electron chi connectivity index (χ3n) is 6.23. The van der Waals surface area contributed by atoms with Crippen LogP contribution in [0.2, 0.25) is 0 Å². The van der Waals surface area contributed by atoms with Crippen LogP contribution in [-0.2, 0) is 11.8 Å². The predicted octanol–water partition coefficient (Wildman–Crippen LogP) is 4.65. The molecule has 2 aromatic heterocycles. The summed E-state index contributed by atoms with van der Waals surface area (Å²) in [4.78, 5) is 23.2. The average molecular weight is 460 g/mol. The molecule has 3 aromatic rings. The zero-order chi connectivity index (χ0) is 24.2. The van der Waals surface area contributed by atoms with Crippen molar-refractivity contribution in [1.29, 1.82) is 0 Å². The normalized spacial score (nSPS) is 20.7. The van der Waals surface area contributed by atoms with E-state index in [-0.39, 0.29) is 18.0 Å². The maximum atomic E-state index is 12.0. The molecule has 1 aromatic carbocycles. The molecule has 2 atom stereocenters. The van der Waals surface area contributed by atoms with E-state index in [0.717, 1.165) is 53.1 Å². The van der Waals surface area contributed by atoms with E-state index < -0.39 is 0 Å². The first-order chi connectivity index (χ1) is 16.3. The van der Waals surface area contributed by atoms with E-state index in [4.69, 9.17) is 4.98 Å². The third-order valence-corrected chi connectivity index (χ3v) is 6.23. The summed E-state index contributed by atoms with van der Waals surface area (Å²) in [5.74, 6) is 1.37. The van der Waals surface area contributed by atoms with Crippen LogP contribution in [0.5, 0.6) is 0 Å². The van der Waals surface area contributed by atoms with Crippen LogP contribution < -0.4 is 10.6 Å². The fourth-order valence-corrected chi connectivity index (χ4v) is 4.30. The SMILES string of the molecule is CC(=O)N1CC/C=C/CC(Nc2ncc3c(Nc4c(C)cccc4C)nn(C)c3n2)/C=C/C1C. The summed E-state index contributed by atoms with van der Waals surface area (Å²) in [6.45, 7) is 8.56. The molecule has 1 aliphatic rings. The van der Waals surface area contributed by atoms with Crippen molar-refractivity contribution in [3.8, 4) is 0 Å². The van der Waals surface area contributed by atoms with Gasteiger partial charge in [-0.1, -0.05) is 42.5 Å². The van der Waals surface area contributed by atoms with Gasteiger partial charge in [-0.3, -0.25) is 4.79 Å². The number of nitrogens with one attached hydrogen (secondary N) is 2. The van der Waals surface area contributed by atoms with Crippen molar-refractivity contribution in [2.45, 2.75) is 52.6 Å². The zero-order valence-electron chi connectivity index (χ0n) is 20.5. The number of aromatic nitrogens is 4. The molecule has 8 nitrogen and oxygen atoms in total. The van der Waals surface area contributed by atoms with E-state index in [9.17, 15) is 4.79 Å². The monoisotopic (exact) mass is 459 g/mol. The topological polar surface area (TPSA) is 88.0 Å². The number of aryl methyl sites for hydroxylation is 3. The number of nitrogens with zero attached hydrogens (tertiary/aromatic N) is 5. The van der Waals surface area contributed by atoms with E-state index in [1.807, 2.05) is 25.1 Å². The third kappa shape index (κ3) is 5.11. The number of rotatable bonds is 4. The molecule has 0 aliphatic carbocycles. The summed E-state index contributed by atoms with van der Waals surface area (Å²) >= 11 is 0. The van der Waals surface area contributed by atoms with Crippen LogP contribution in [0.4, 0.5) is 17.5 Å². The molecule has 0 saturated heterocycles. The van der Waals surface area contributed by atoms with Gasteiger partial charge in [-0.25, -0.2) is 9.67 Å². The molecule has 1 amide bonds. The van der Waals surface area contributed by atoms with E-state index in [2.05, 4.69) is 77.1 Å². The van der Waals surface area contributed by atoms with E-state index in [1.165, 1.54) is 0 Å². The lowest BCUT2D eigenvalue weighted by molar-refractivity contribution is -0.129. The van der Waals surface area contributed by atoms with Gasteiger partial charge in [-0.05, 0) is 44.7 Å². The Kier molecular flexibility index (Phi) is 6.95. The highest BCUT2D eigenvalue weighted by Gasteiger charge is 2.17. The summed E-state index contributed by atoms with van der Waals surface area (Å²) in [5.41, 5.74) is 4.12. The molecule has 2 unspecified atom stereocenters. The van der Waals surface area contributed by atoms with Crippen molar-refractivity contribution < 1.29 is 4.79 Å². The Bertz CT molecular complexity index is 1220. The fourth-order valence-electron chi connectivity index (χ4n) is 4.30. The number of anilines is 3. The van der Waals surface area contributed by atoms with Crippen molar-refractivity contribution in [1.82, 2.24) is 24.6 Å². The Labute approximate surface area is 200 Å². The van der Waals surface area contributed by atoms with E-state index in [0.29, 0.717) is 5.95 Å². The minimum atomic E-state index is 0.0171. The predicted molar refractivity (Wildman–Crippen MR) is 137 cm³/mol. The van der Waals surface area contributed by atoms with Crippen LogP contribution in [0.3, 0.4) is 0 Å². The molecule has 0 bridgehead atoms. The minimum Gasteiger partial charge on any atom is -0.348 e.